The molecule has 3 aromatic rings. The van der Waals surface area contributed by atoms with Crippen molar-refractivity contribution in [1.29, 1.82) is 0 Å². The minimum absolute atomic E-state index is 0.116. The lowest BCUT2D eigenvalue weighted by molar-refractivity contribution is 0.100. The number of nitrogen functional groups attached to an aromatic ring is 1. The van der Waals surface area contributed by atoms with E-state index in [1.807, 2.05) is 0 Å². The van der Waals surface area contributed by atoms with Crippen molar-refractivity contribution in [3.8, 4) is 16.9 Å². The maximum absolute atomic E-state index is 13.9. The fraction of sp³-hybridized carbons (Fsp3) is 0.100. The van der Waals surface area contributed by atoms with E-state index in [2.05, 4.69) is 4.98 Å². The number of pyridine rings is 1. The topological polar surface area (TPSA) is 91.2 Å². The van der Waals surface area contributed by atoms with Crippen LogP contribution in [0.4, 0.5) is 14.6 Å². The van der Waals surface area contributed by atoms with Gasteiger partial charge in [0, 0.05) is 22.9 Å². The molecule has 4 N–H and O–H groups in total. The summed E-state index contributed by atoms with van der Waals surface area (Å²) in [6.45, 7) is 1.29. The highest BCUT2D eigenvalue weighted by Crippen LogP contribution is 2.28. The normalized spacial score (nSPS) is 10.6. The third-order valence-electron chi connectivity index (χ3n) is 4.23. The fourth-order valence-electron chi connectivity index (χ4n) is 2.58. The average Bonchev–Trinajstić information content (AvgIpc) is 2.66. The van der Waals surface area contributed by atoms with Gasteiger partial charge in [-0.15, -0.1) is 0 Å². The van der Waals surface area contributed by atoms with Crippen molar-refractivity contribution >= 4 is 11.7 Å². The van der Waals surface area contributed by atoms with Gasteiger partial charge in [0.15, 0.2) is 11.6 Å². The van der Waals surface area contributed by atoms with Gasteiger partial charge in [0.2, 0.25) is 5.91 Å². The van der Waals surface area contributed by atoms with E-state index in [-0.39, 0.29) is 29.3 Å². The molecule has 0 bridgehead atoms. The number of halogens is 2. The molecule has 0 fully saturated rings. The lowest BCUT2D eigenvalue weighted by Gasteiger charge is -2.13. The predicted octanol–water partition coefficient (Wildman–Crippen LogP) is 3.60. The average molecular weight is 369 g/mol. The highest BCUT2D eigenvalue weighted by molar-refractivity contribution is 5.93. The van der Waals surface area contributed by atoms with Gasteiger partial charge in [-0.25, -0.2) is 13.8 Å². The molecule has 0 spiro atoms. The number of ether oxygens (including phenoxy) is 1. The largest absolute Gasteiger partial charge is 0.485 e. The van der Waals surface area contributed by atoms with Gasteiger partial charge >= 0.3 is 0 Å². The van der Waals surface area contributed by atoms with Crippen LogP contribution in [-0.2, 0) is 6.61 Å². The van der Waals surface area contributed by atoms with E-state index in [0.29, 0.717) is 11.1 Å². The minimum Gasteiger partial charge on any atom is -0.485 e. The van der Waals surface area contributed by atoms with Gasteiger partial charge in [-0.05, 0) is 48.4 Å². The summed E-state index contributed by atoms with van der Waals surface area (Å²) in [5.74, 6) is -1.21. The van der Waals surface area contributed by atoms with Crippen molar-refractivity contribution in [1.82, 2.24) is 4.98 Å². The van der Waals surface area contributed by atoms with Crippen LogP contribution >= 0.6 is 0 Å². The lowest BCUT2D eigenvalue weighted by Crippen LogP contribution is -2.10. The number of carbonyl (C=O) groups excluding carboxylic acids is 1. The summed E-state index contributed by atoms with van der Waals surface area (Å²) in [6, 6.07) is 10.4. The van der Waals surface area contributed by atoms with E-state index in [0.717, 1.165) is 17.7 Å². The Hall–Kier alpha value is -3.48. The van der Waals surface area contributed by atoms with Crippen LogP contribution in [0, 0.1) is 18.6 Å². The Kier molecular flexibility index (Phi) is 5.03. The van der Waals surface area contributed by atoms with Crippen LogP contribution in [0.25, 0.3) is 11.1 Å². The van der Waals surface area contributed by atoms with Crippen LogP contribution in [0.15, 0.2) is 48.7 Å². The van der Waals surface area contributed by atoms with Crippen LogP contribution in [0.5, 0.6) is 5.75 Å². The molecule has 2 aromatic carbocycles. The van der Waals surface area contributed by atoms with Crippen LogP contribution in [-0.4, -0.2) is 10.9 Å². The van der Waals surface area contributed by atoms with E-state index in [9.17, 15) is 13.6 Å². The first kappa shape index (κ1) is 18.3. The number of nitrogens with zero attached hydrogens (tertiary/aromatic N) is 1. The molecule has 3 rings (SSSR count). The summed E-state index contributed by atoms with van der Waals surface area (Å²) in [6.07, 6.45) is 1.55. The third-order valence-corrected chi connectivity index (χ3v) is 4.23. The molecular formula is C20H17F2N3O2. The van der Waals surface area contributed by atoms with Crippen molar-refractivity contribution < 1.29 is 18.3 Å². The van der Waals surface area contributed by atoms with Gasteiger partial charge in [0.25, 0.3) is 0 Å². The van der Waals surface area contributed by atoms with Crippen LogP contribution in [0.3, 0.4) is 0 Å². The summed E-state index contributed by atoms with van der Waals surface area (Å²) >= 11 is 0. The third kappa shape index (κ3) is 3.87. The van der Waals surface area contributed by atoms with E-state index < -0.39 is 17.5 Å². The zero-order valence-corrected chi connectivity index (χ0v) is 14.5. The Balaban J connectivity index is 1.86. The number of hydrogen-bond acceptors (Lipinski definition) is 4. The molecule has 0 radical (unpaired) electrons. The van der Waals surface area contributed by atoms with E-state index in [1.54, 1.807) is 36.5 Å². The van der Waals surface area contributed by atoms with Crippen LogP contribution in [0.2, 0.25) is 0 Å². The molecular weight excluding hydrogens is 352 g/mol. The highest BCUT2D eigenvalue weighted by atomic mass is 19.1. The number of nitrogens with two attached hydrogens (primary N) is 2. The van der Waals surface area contributed by atoms with Crippen molar-refractivity contribution in [2.24, 2.45) is 5.73 Å². The Morgan fingerprint density at radius 1 is 1.07 bits per heavy atom. The van der Waals surface area contributed by atoms with Crippen LogP contribution < -0.4 is 16.2 Å². The van der Waals surface area contributed by atoms with Crippen LogP contribution in [0.1, 0.15) is 21.5 Å². The molecule has 1 heterocycles. The zero-order chi connectivity index (χ0) is 19.6. The maximum Gasteiger partial charge on any atom is 0.248 e. The molecule has 1 amide bonds. The highest BCUT2D eigenvalue weighted by Gasteiger charge is 2.13. The molecule has 0 unspecified atom stereocenters. The number of anilines is 1. The molecule has 27 heavy (non-hydrogen) atoms. The Morgan fingerprint density at radius 2 is 1.74 bits per heavy atom. The van der Waals surface area contributed by atoms with Crippen molar-refractivity contribution in [2.45, 2.75) is 13.5 Å². The summed E-state index contributed by atoms with van der Waals surface area (Å²) in [5.41, 5.74) is 13.2. The second kappa shape index (κ2) is 7.41. The number of primary amides is 1. The van der Waals surface area contributed by atoms with Crippen molar-refractivity contribution in [3.05, 3.63) is 77.0 Å². The SMILES string of the molecule is Cc1c(F)ccc(F)c1COc1cc(-c2ccc(C(N)=O)cc2)cnc1N. The van der Waals surface area contributed by atoms with E-state index in [4.69, 9.17) is 16.2 Å². The number of rotatable bonds is 5. The quantitative estimate of drug-likeness (QED) is 0.719. The molecule has 138 valence electrons. The van der Waals surface area contributed by atoms with E-state index >= 15 is 0 Å². The number of amides is 1. The first-order chi connectivity index (χ1) is 12.9. The van der Waals surface area contributed by atoms with Crippen molar-refractivity contribution in [2.75, 3.05) is 5.73 Å². The number of hydrogen-bond donors (Lipinski definition) is 2. The fourth-order valence-corrected chi connectivity index (χ4v) is 2.58. The predicted molar refractivity (Wildman–Crippen MR) is 98.0 cm³/mol. The summed E-state index contributed by atoms with van der Waals surface area (Å²) in [7, 11) is 0. The van der Waals surface area contributed by atoms with E-state index in [1.165, 1.54) is 6.92 Å². The van der Waals surface area contributed by atoms with Gasteiger partial charge in [0.1, 0.15) is 18.2 Å². The monoisotopic (exact) mass is 369 g/mol. The molecule has 0 atom stereocenters. The molecule has 1 aromatic heterocycles. The molecule has 0 aliphatic carbocycles. The molecule has 0 saturated heterocycles. The molecule has 5 nitrogen and oxygen atoms in total. The molecule has 0 aliphatic heterocycles. The summed E-state index contributed by atoms with van der Waals surface area (Å²) in [4.78, 5) is 15.2. The summed E-state index contributed by atoms with van der Waals surface area (Å²) < 4.78 is 33.2. The second-order valence-electron chi connectivity index (χ2n) is 5.97. The van der Waals surface area contributed by atoms with Gasteiger partial charge in [-0.2, -0.15) is 0 Å². The smallest absolute Gasteiger partial charge is 0.248 e. The van der Waals surface area contributed by atoms with Gasteiger partial charge < -0.3 is 16.2 Å². The van der Waals surface area contributed by atoms with Gasteiger partial charge in [-0.1, -0.05) is 12.1 Å². The lowest BCUT2D eigenvalue weighted by atomic mass is 10.1. The van der Waals surface area contributed by atoms with Gasteiger partial charge in [-0.3, -0.25) is 4.79 Å². The molecule has 7 heteroatoms. The minimum atomic E-state index is -0.557. The zero-order valence-electron chi connectivity index (χ0n) is 14.5. The summed E-state index contributed by atoms with van der Waals surface area (Å²) in [5, 5.41) is 0. The number of benzene rings is 2. The molecule has 0 saturated carbocycles. The van der Waals surface area contributed by atoms with Crippen molar-refractivity contribution in [3.63, 3.8) is 0 Å². The second-order valence-corrected chi connectivity index (χ2v) is 5.97. The van der Waals surface area contributed by atoms with Gasteiger partial charge in [0.05, 0.1) is 0 Å². The Labute approximate surface area is 154 Å². The first-order valence-corrected chi connectivity index (χ1v) is 8.09. The maximum atomic E-state index is 13.9. The number of aromatic nitrogens is 1. The Bertz CT molecular complexity index is 1000. The Morgan fingerprint density at radius 3 is 2.41 bits per heavy atom. The first-order valence-electron chi connectivity index (χ1n) is 8.09. The molecule has 0 aliphatic rings. The number of carbonyl (C=O) groups is 1. The standard InChI is InChI=1S/C20H17F2N3O2/c1-11-15(17(22)7-6-16(11)21)10-27-18-8-14(9-25-19(18)23)12-2-4-13(5-3-12)20(24)26/h2-9H,10H2,1H3,(H2,23,25)(H2,24,26).